The molecule has 1 N–H and O–H groups in total. The maximum absolute atomic E-state index is 12.8. The molecule has 2 fully saturated rings. The van der Waals surface area contributed by atoms with Gasteiger partial charge in [-0.05, 0) is 30.5 Å². The fourth-order valence-corrected chi connectivity index (χ4v) is 4.23. The lowest BCUT2D eigenvalue weighted by molar-refractivity contribution is -0.121. The highest BCUT2D eigenvalue weighted by Crippen LogP contribution is 2.29. The summed E-state index contributed by atoms with van der Waals surface area (Å²) in [4.78, 5) is 27.0. The van der Waals surface area contributed by atoms with Crippen LogP contribution in [-0.2, 0) is 4.79 Å². The van der Waals surface area contributed by atoms with Gasteiger partial charge in [-0.3, -0.25) is 9.69 Å². The van der Waals surface area contributed by atoms with Crippen molar-refractivity contribution in [1.29, 1.82) is 5.26 Å². The van der Waals surface area contributed by atoms with Gasteiger partial charge in [-0.25, -0.2) is 9.97 Å². The van der Waals surface area contributed by atoms with Crippen LogP contribution in [0, 0.1) is 11.3 Å². The molecule has 1 aromatic heterocycles. The van der Waals surface area contributed by atoms with Crippen molar-refractivity contribution in [1.82, 2.24) is 20.2 Å². The maximum atomic E-state index is 12.8. The predicted octanol–water partition coefficient (Wildman–Crippen LogP) is 3.35. The number of carbonyl (C=O) groups is 1. The fourth-order valence-electron chi connectivity index (χ4n) is 4.23. The molecule has 0 spiro atoms. The van der Waals surface area contributed by atoms with E-state index in [9.17, 15) is 10.1 Å². The number of nitriles is 1. The van der Waals surface area contributed by atoms with Gasteiger partial charge in [0.15, 0.2) is 11.7 Å². The van der Waals surface area contributed by atoms with Crippen molar-refractivity contribution in [3.05, 3.63) is 71.9 Å². The third-order valence-corrected chi connectivity index (χ3v) is 6.31. The Labute approximate surface area is 199 Å². The first-order valence-corrected chi connectivity index (χ1v) is 11.9. The van der Waals surface area contributed by atoms with Gasteiger partial charge in [0.2, 0.25) is 5.91 Å². The van der Waals surface area contributed by atoms with Crippen LogP contribution in [0.4, 0.5) is 5.82 Å². The highest BCUT2D eigenvalue weighted by molar-refractivity contribution is 5.89. The van der Waals surface area contributed by atoms with Crippen molar-refractivity contribution in [2.45, 2.75) is 24.8 Å². The van der Waals surface area contributed by atoms with E-state index in [1.807, 2.05) is 42.5 Å². The number of benzene rings is 2. The first-order chi connectivity index (χ1) is 16.7. The Morgan fingerprint density at radius 2 is 1.71 bits per heavy atom. The van der Waals surface area contributed by atoms with Crippen molar-refractivity contribution < 1.29 is 4.79 Å². The van der Waals surface area contributed by atoms with E-state index in [0.717, 1.165) is 51.1 Å². The van der Waals surface area contributed by atoms with Gasteiger partial charge in [0.25, 0.3) is 0 Å². The van der Waals surface area contributed by atoms with Gasteiger partial charge in [0, 0.05) is 38.8 Å². The number of rotatable bonds is 7. The molecule has 2 aromatic carbocycles. The lowest BCUT2D eigenvalue weighted by Crippen LogP contribution is -2.47. The fraction of sp³-hybridized carbons (Fsp3) is 0.333. The zero-order valence-electron chi connectivity index (χ0n) is 19.1. The summed E-state index contributed by atoms with van der Waals surface area (Å²) in [6.07, 6.45) is 6.29. The summed E-state index contributed by atoms with van der Waals surface area (Å²) >= 11 is 0. The highest BCUT2D eigenvalue weighted by Gasteiger charge is 2.33. The molecule has 1 atom stereocenters. The van der Waals surface area contributed by atoms with Crippen molar-refractivity contribution in [3.8, 4) is 6.07 Å². The van der Waals surface area contributed by atoms with Crippen LogP contribution < -0.4 is 10.2 Å². The summed E-state index contributed by atoms with van der Waals surface area (Å²) in [5.41, 5.74) is 3.13. The molecule has 1 saturated carbocycles. The first-order valence-electron chi connectivity index (χ1n) is 11.9. The lowest BCUT2D eigenvalue weighted by Gasteiger charge is -2.35. The highest BCUT2D eigenvalue weighted by atomic mass is 16.2. The summed E-state index contributed by atoms with van der Waals surface area (Å²) in [7, 11) is 0. The number of hydrogen-bond acceptors (Lipinski definition) is 6. The number of anilines is 1. The summed E-state index contributed by atoms with van der Waals surface area (Å²) in [6.45, 7) is 4.16. The molecule has 5 rings (SSSR count). The second-order valence-corrected chi connectivity index (χ2v) is 8.87. The van der Waals surface area contributed by atoms with E-state index >= 15 is 0 Å². The van der Waals surface area contributed by atoms with Crippen molar-refractivity contribution in [2.75, 3.05) is 37.6 Å². The molecule has 1 aliphatic carbocycles. The second-order valence-electron chi connectivity index (χ2n) is 8.87. The van der Waals surface area contributed by atoms with Gasteiger partial charge in [-0.1, -0.05) is 54.6 Å². The Bertz CT molecular complexity index is 1220. The summed E-state index contributed by atoms with van der Waals surface area (Å²) < 4.78 is 0. The topological polar surface area (TPSA) is 85.1 Å². The number of nitrogens with zero attached hydrogens (tertiary/aromatic N) is 5. The summed E-state index contributed by atoms with van der Waals surface area (Å²) in [5, 5.41) is 12.9. The molecule has 3 aromatic rings. The predicted molar refractivity (Wildman–Crippen MR) is 133 cm³/mol. The molecule has 7 heteroatoms. The molecular weight excluding hydrogens is 424 g/mol. The quantitative estimate of drug-likeness (QED) is 0.592. The van der Waals surface area contributed by atoms with Gasteiger partial charge in [-0.2, -0.15) is 5.26 Å². The van der Waals surface area contributed by atoms with E-state index in [-0.39, 0.29) is 11.9 Å². The van der Waals surface area contributed by atoms with Crippen LogP contribution >= 0.6 is 0 Å². The van der Waals surface area contributed by atoms with Crippen molar-refractivity contribution in [3.63, 3.8) is 0 Å². The van der Waals surface area contributed by atoms with Crippen LogP contribution in [0.2, 0.25) is 0 Å². The smallest absolute Gasteiger partial charge is 0.243 e. The number of fused-ring (bicyclic) bond motifs is 1. The minimum Gasteiger partial charge on any atom is -0.352 e. The average Bonchev–Trinajstić information content (AvgIpc) is 3.69. The number of hydrogen-bond donors (Lipinski definition) is 1. The molecule has 172 valence electrons. The third kappa shape index (κ3) is 5.08. The SMILES string of the molecule is N#C[C@H](C(=O)NC1CC1)c1nc2ccccc2nc1N1CCN(C/C=C\c2ccccc2)CC1. The van der Waals surface area contributed by atoms with Crippen LogP contribution in [0.25, 0.3) is 17.1 Å². The number of nitrogens with one attached hydrogen (secondary N) is 1. The van der Waals surface area contributed by atoms with E-state index in [0.29, 0.717) is 17.0 Å². The molecule has 1 aliphatic heterocycles. The number of amides is 1. The Hall–Kier alpha value is -3.76. The zero-order chi connectivity index (χ0) is 23.3. The molecule has 2 heterocycles. The van der Waals surface area contributed by atoms with E-state index < -0.39 is 5.92 Å². The maximum Gasteiger partial charge on any atom is 0.243 e. The Balaban J connectivity index is 1.33. The third-order valence-electron chi connectivity index (χ3n) is 6.31. The summed E-state index contributed by atoms with van der Waals surface area (Å²) in [5.74, 6) is -0.601. The lowest BCUT2D eigenvalue weighted by atomic mass is 10.0. The molecule has 0 unspecified atom stereocenters. The summed E-state index contributed by atoms with van der Waals surface area (Å²) in [6, 6.07) is 20.3. The number of para-hydroxylation sites is 2. The van der Waals surface area contributed by atoms with E-state index in [4.69, 9.17) is 9.97 Å². The van der Waals surface area contributed by atoms with Crippen LogP contribution in [0.3, 0.4) is 0 Å². The van der Waals surface area contributed by atoms with Crippen molar-refractivity contribution in [2.24, 2.45) is 0 Å². The van der Waals surface area contributed by atoms with Gasteiger partial charge in [-0.15, -0.1) is 0 Å². The van der Waals surface area contributed by atoms with Gasteiger partial charge < -0.3 is 10.2 Å². The Kier molecular flexibility index (Phi) is 6.50. The van der Waals surface area contributed by atoms with Crippen LogP contribution in [-0.4, -0.2) is 59.5 Å². The number of carbonyl (C=O) groups excluding carboxylic acids is 1. The van der Waals surface area contributed by atoms with Gasteiger partial charge >= 0.3 is 0 Å². The average molecular weight is 453 g/mol. The normalized spacial score (nSPS) is 17.6. The molecule has 34 heavy (non-hydrogen) atoms. The minimum absolute atomic E-state index is 0.188. The molecule has 1 saturated heterocycles. The van der Waals surface area contributed by atoms with Crippen LogP contribution in [0.15, 0.2) is 60.7 Å². The van der Waals surface area contributed by atoms with E-state index in [1.54, 1.807) is 0 Å². The molecule has 2 aliphatic rings. The second kappa shape index (κ2) is 10.0. The van der Waals surface area contributed by atoms with Crippen molar-refractivity contribution >= 4 is 28.8 Å². The standard InChI is InChI=1S/C27H28N6O/c28-19-22(27(34)29-21-12-13-21)25-26(31-24-11-5-4-10-23(24)30-25)33-17-15-32(16-18-33)14-6-9-20-7-2-1-3-8-20/h1-11,21-22H,12-18H2,(H,29,34)/b9-6-/t22-/m0/s1. The van der Waals surface area contributed by atoms with E-state index in [1.165, 1.54) is 5.56 Å². The molecule has 0 bridgehead atoms. The number of piperazine rings is 1. The Morgan fingerprint density at radius 1 is 1.03 bits per heavy atom. The van der Waals surface area contributed by atoms with Gasteiger partial charge in [0.1, 0.15) is 5.69 Å². The molecule has 7 nitrogen and oxygen atoms in total. The number of aromatic nitrogens is 2. The molecule has 0 radical (unpaired) electrons. The minimum atomic E-state index is -0.973. The van der Waals surface area contributed by atoms with E-state index in [2.05, 4.69) is 45.5 Å². The Morgan fingerprint density at radius 3 is 2.38 bits per heavy atom. The monoisotopic (exact) mass is 452 g/mol. The first kappa shape index (κ1) is 22.1. The molecular formula is C27H28N6O. The largest absolute Gasteiger partial charge is 0.352 e. The van der Waals surface area contributed by atoms with Gasteiger partial charge in [0.05, 0.1) is 17.1 Å². The zero-order valence-corrected chi connectivity index (χ0v) is 19.1. The van der Waals surface area contributed by atoms with Crippen LogP contribution in [0.1, 0.15) is 30.0 Å². The molecule has 1 amide bonds. The van der Waals surface area contributed by atoms with Crippen LogP contribution in [0.5, 0.6) is 0 Å².